The van der Waals surface area contributed by atoms with Crippen molar-refractivity contribution in [1.29, 1.82) is 0 Å². The molecule has 7 nitrogen and oxygen atoms in total. The molecule has 2 aromatic heterocycles. The highest BCUT2D eigenvalue weighted by Gasteiger charge is 2.31. The molecule has 3 aromatic rings. The first-order valence-corrected chi connectivity index (χ1v) is 10.8. The van der Waals surface area contributed by atoms with E-state index in [-0.39, 0.29) is 18.0 Å². The van der Waals surface area contributed by atoms with Gasteiger partial charge in [-0.3, -0.25) is 9.36 Å². The summed E-state index contributed by atoms with van der Waals surface area (Å²) in [7, 11) is 0. The van der Waals surface area contributed by atoms with E-state index in [4.69, 9.17) is 9.47 Å². The highest BCUT2D eigenvalue weighted by Crippen LogP contribution is 2.42. The molecule has 144 valence electrons. The number of thiophene rings is 1. The SMILES string of the molecule is C[C@H](Sc1nnc(-c2cccs2)n1C1CC1)C(=O)Nc1ccc2c(c1)OCO2. The lowest BCUT2D eigenvalue weighted by atomic mass is 10.2. The van der Waals surface area contributed by atoms with Gasteiger partial charge in [0.05, 0.1) is 10.1 Å². The number of nitrogens with one attached hydrogen (secondary N) is 1. The number of carbonyl (C=O) groups is 1. The number of carbonyl (C=O) groups excluding carboxylic acids is 1. The van der Waals surface area contributed by atoms with Crippen LogP contribution in [0.15, 0.2) is 40.9 Å². The van der Waals surface area contributed by atoms with Crippen molar-refractivity contribution < 1.29 is 14.3 Å². The Morgan fingerprint density at radius 1 is 1.29 bits per heavy atom. The number of nitrogens with zero attached hydrogens (tertiary/aromatic N) is 3. The van der Waals surface area contributed by atoms with Crippen LogP contribution in [-0.4, -0.2) is 32.7 Å². The van der Waals surface area contributed by atoms with Gasteiger partial charge in [0.25, 0.3) is 0 Å². The fraction of sp³-hybridized carbons (Fsp3) is 0.316. The van der Waals surface area contributed by atoms with Gasteiger partial charge in [0.15, 0.2) is 22.5 Å². The largest absolute Gasteiger partial charge is 0.454 e. The van der Waals surface area contributed by atoms with Crippen molar-refractivity contribution in [1.82, 2.24) is 14.8 Å². The maximum atomic E-state index is 12.7. The number of amides is 1. The van der Waals surface area contributed by atoms with E-state index in [1.165, 1.54) is 11.8 Å². The van der Waals surface area contributed by atoms with Crippen LogP contribution in [-0.2, 0) is 4.79 Å². The molecule has 1 aliphatic heterocycles. The van der Waals surface area contributed by atoms with E-state index in [0.717, 1.165) is 28.7 Å². The summed E-state index contributed by atoms with van der Waals surface area (Å²) >= 11 is 3.09. The standard InChI is InChI=1S/C19H18N4O3S2/c1-11(18(24)20-12-4-7-14-15(9-12)26-10-25-14)28-19-22-21-17(16-3-2-8-27-16)23(19)13-5-6-13/h2-4,7-9,11,13H,5-6,10H2,1H3,(H,20,24)/t11-/m0/s1. The van der Waals surface area contributed by atoms with Crippen molar-refractivity contribution in [2.24, 2.45) is 0 Å². The average molecular weight is 415 g/mol. The lowest BCUT2D eigenvalue weighted by molar-refractivity contribution is -0.115. The number of hydrogen-bond acceptors (Lipinski definition) is 7. The monoisotopic (exact) mass is 414 g/mol. The Morgan fingerprint density at radius 3 is 2.93 bits per heavy atom. The summed E-state index contributed by atoms with van der Waals surface area (Å²) < 4.78 is 12.8. The van der Waals surface area contributed by atoms with Crippen LogP contribution in [0.5, 0.6) is 11.5 Å². The Hall–Kier alpha value is -2.52. The predicted molar refractivity (Wildman–Crippen MR) is 108 cm³/mol. The molecule has 28 heavy (non-hydrogen) atoms. The molecule has 0 bridgehead atoms. The molecule has 1 atom stereocenters. The zero-order valence-corrected chi connectivity index (χ0v) is 16.8. The minimum atomic E-state index is -0.316. The third kappa shape index (κ3) is 3.35. The molecular formula is C19H18N4O3S2. The predicted octanol–water partition coefficient (Wildman–Crippen LogP) is 4.19. The summed E-state index contributed by atoms with van der Waals surface area (Å²) in [6.45, 7) is 2.09. The van der Waals surface area contributed by atoms with Crippen LogP contribution in [0.25, 0.3) is 10.7 Å². The van der Waals surface area contributed by atoms with E-state index in [0.29, 0.717) is 23.2 Å². The number of aromatic nitrogens is 3. The molecule has 5 rings (SSSR count). The first kappa shape index (κ1) is 17.6. The minimum Gasteiger partial charge on any atom is -0.454 e. The molecule has 1 saturated carbocycles. The molecule has 0 radical (unpaired) electrons. The second-order valence-electron chi connectivity index (χ2n) is 6.70. The number of thioether (sulfide) groups is 1. The Bertz CT molecular complexity index is 1010. The maximum absolute atomic E-state index is 12.7. The van der Waals surface area contributed by atoms with Crippen LogP contribution in [0.4, 0.5) is 5.69 Å². The van der Waals surface area contributed by atoms with Crippen molar-refractivity contribution in [3.8, 4) is 22.2 Å². The molecule has 1 N–H and O–H groups in total. The Morgan fingerprint density at radius 2 is 2.14 bits per heavy atom. The van der Waals surface area contributed by atoms with Crippen LogP contribution in [0.1, 0.15) is 25.8 Å². The minimum absolute atomic E-state index is 0.0908. The van der Waals surface area contributed by atoms with Crippen LogP contribution in [0.3, 0.4) is 0 Å². The fourth-order valence-corrected chi connectivity index (χ4v) is 4.65. The van der Waals surface area contributed by atoms with Crippen LogP contribution >= 0.6 is 23.1 Å². The molecule has 9 heteroatoms. The van der Waals surface area contributed by atoms with Gasteiger partial charge in [0, 0.05) is 17.8 Å². The van der Waals surface area contributed by atoms with Crippen LogP contribution in [0, 0.1) is 0 Å². The zero-order chi connectivity index (χ0) is 19.1. The van der Waals surface area contributed by atoms with Gasteiger partial charge in [0.2, 0.25) is 12.7 Å². The lowest BCUT2D eigenvalue weighted by Gasteiger charge is -2.13. The van der Waals surface area contributed by atoms with Gasteiger partial charge in [-0.05, 0) is 43.3 Å². The highest BCUT2D eigenvalue weighted by molar-refractivity contribution is 8.00. The van der Waals surface area contributed by atoms with Crippen molar-refractivity contribution >= 4 is 34.7 Å². The zero-order valence-electron chi connectivity index (χ0n) is 15.1. The van der Waals surface area contributed by atoms with Crippen molar-refractivity contribution in [2.45, 2.75) is 36.2 Å². The van der Waals surface area contributed by atoms with E-state index in [2.05, 4.69) is 26.1 Å². The summed E-state index contributed by atoms with van der Waals surface area (Å²) in [5, 5.41) is 14.2. The van der Waals surface area contributed by atoms with E-state index < -0.39 is 0 Å². The molecule has 1 amide bonds. The Balaban J connectivity index is 1.31. The van der Waals surface area contributed by atoms with Gasteiger partial charge in [-0.1, -0.05) is 17.8 Å². The summed E-state index contributed by atoms with van der Waals surface area (Å²) in [4.78, 5) is 13.8. The third-order valence-corrected chi connectivity index (χ3v) is 6.53. The smallest absolute Gasteiger partial charge is 0.237 e. The number of hydrogen-bond donors (Lipinski definition) is 1. The molecule has 1 aromatic carbocycles. The molecule has 0 saturated heterocycles. The first-order valence-electron chi connectivity index (χ1n) is 9.05. The number of fused-ring (bicyclic) bond motifs is 1. The van der Waals surface area contributed by atoms with Crippen LogP contribution < -0.4 is 14.8 Å². The molecule has 0 spiro atoms. The second kappa shape index (κ2) is 7.14. The Kier molecular flexibility index (Phi) is 4.48. The topological polar surface area (TPSA) is 78.3 Å². The summed E-state index contributed by atoms with van der Waals surface area (Å²) in [5.74, 6) is 2.14. The number of anilines is 1. The number of rotatable bonds is 6. The molecule has 1 fully saturated rings. The summed E-state index contributed by atoms with van der Waals surface area (Å²) in [5.41, 5.74) is 0.685. The quantitative estimate of drug-likeness (QED) is 0.610. The van der Waals surface area contributed by atoms with Gasteiger partial charge in [0.1, 0.15) is 0 Å². The maximum Gasteiger partial charge on any atom is 0.237 e. The second-order valence-corrected chi connectivity index (χ2v) is 8.96. The van der Waals surface area contributed by atoms with Crippen molar-refractivity contribution in [3.05, 3.63) is 35.7 Å². The van der Waals surface area contributed by atoms with E-state index in [1.54, 1.807) is 23.5 Å². The van der Waals surface area contributed by atoms with E-state index >= 15 is 0 Å². The number of benzene rings is 1. The van der Waals surface area contributed by atoms with Gasteiger partial charge in [-0.15, -0.1) is 21.5 Å². The first-order chi connectivity index (χ1) is 13.7. The van der Waals surface area contributed by atoms with E-state index in [1.807, 2.05) is 24.4 Å². The van der Waals surface area contributed by atoms with Gasteiger partial charge < -0.3 is 14.8 Å². The summed E-state index contributed by atoms with van der Waals surface area (Å²) in [6.07, 6.45) is 2.25. The van der Waals surface area contributed by atoms with E-state index in [9.17, 15) is 4.79 Å². The fourth-order valence-electron chi connectivity index (χ4n) is 3.02. The molecule has 0 unspecified atom stereocenters. The molecule has 1 aliphatic carbocycles. The Labute approximate surface area is 170 Å². The van der Waals surface area contributed by atoms with Gasteiger partial charge in [-0.25, -0.2) is 0 Å². The number of ether oxygens (including phenoxy) is 2. The average Bonchev–Trinajstić information content (AvgIpc) is 3.11. The van der Waals surface area contributed by atoms with Crippen molar-refractivity contribution in [3.63, 3.8) is 0 Å². The van der Waals surface area contributed by atoms with Crippen LogP contribution in [0.2, 0.25) is 0 Å². The molecular weight excluding hydrogens is 396 g/mol. The highest BCUT2D eigenvalue weighted by atomic mass is 32.2. The van der Waals surface area contributed by atoms with Crippen molar-refractivity contribution in [2.75, 3.05) is 12.1 Å². The van der Waals surface area contributed by atoms with Gasteiger partial charge in [-0.2, -0.15) is 0 Å². The summed E-state index contributed by atoms with van der Waals surface area (Å²) in [6, 6.07) is 9.88. The normalized spacial score (nSPS) is 16.2. The molecule has 3 heterocycles. The molecule has 2 aliphatic rings. The van der Waals surface area contributed by atoms with Gasteiger partial charge >= 0.3 is 0 Å². The third-order valence-electron chi connectivity index (χ3n) is 4.61. The lowest BCUT2D eigenvalue weighted by Crippen LogP contribution is -2.22.